The van der Waals surface area contributed by atoms with Gasteiger partial charge in [-0.3, -0.25) is 9.59 Å². The average Bonchev–Trinajstić information content (AvgIpc) is 3.29. The molecule has 0 aromatic heterocycles. The first-order chi connectivity index (χ1) is 31.1. The van der Waals surface area contributed by atoms with E-state index >= 15 is 0 Å². The molecular weight excluding hydrogens is 777 g/mol. The van der Waals surface area contributed by atoms with Gasteiger partial charge in [0.05, 0.1) is 6.61 Å². The number of aliphatic hydroxyl groups is 1. The molecule has 0 fully saturated rings. The molecule has 1 unspecified atom stereocenters. The zero-order valence-corrected chi connectivity index (χ0v) is 40.8. The molecule has 0 aromatic carbocycles. The van der Waals surface area contributed by atoms with E-state index in [2.05, 4.69) is 123 Å². The molecule has 0 bridgehead atoms. The molecule has 358 valence electrons. The third kappa shape index (κ3) is 51.1. The molecule has 5 heteroatoms. The summed E-state index contributed by atoms with van der Waals surface area (Å²) in [5.41, 5.74) is 0. The minimum absolute atomic E-state index is 0.0680. The molecule has 0 aromatic rings. The quantitative estimate of drug-likeness (QED) is 0.0375. The summed E-state index contributed by atoms with van der Waals surface area (Å²) in [6.45, 7) is 3.98. The topological polar surface area (TPSA) is 72.8 Å². The van der Waals surface area contributed by atoms with E-state index in [1.807, 2.05) is 0 Å². The summed E-state index contributed by atoms with van der Waals surface area (Å²) in [7, 11) is 0. The normalized spacial score (nSPS) is 13.1. The molecule has 0 rings (SSSR count). The third-order valence-corrected chi connectivity index (χ3v) is 10.8. The number of allylic oxidation sites excluding steroid dienone is 18. The van der Waals surface area contributed by atoms with Crippen LogP contribution in [0.5, 0.6) is 0 Å². The van der Waals surface area contributed by atoms with Crippen molar-refractivity contribution in [3.8, 4) is 0 Å². The Labute approximate surface area is 389 Å². The lowest BCUT2D eigenvalue weighted by Gasteiger charge is -2.15. The van der Waals surface area contributed by atoms with Crippen molar-refractivity contribution in [3.63, 3.8) is 0 Å². The lowest BCUT2D eigenvalue weighted by atomic mass is 10.0. The third-order valence-electron chi connectivity index (χ3n) is 10.8. The summed E-state index contributed by atoms with van der Waals surface area (Å²) in [6.07, 6.45) is 76.4. The SMILES string of the molecule is CC/C=C\C/C=C\C/C=C\C/C=C\C/C=C\C/C=C\C/C=C\C/C=C\C/C=C\CCCCCCCCCCCCCCCC(=O)OC(CO)COC(=O)CCCCCCCCCC. The van der Waals surface area contributed by atoms with Crippen LogP contribution < -0.4 is 0 Å². The molecule has 0 heterocycles. The minimum atomic E-state index is -0.773. The van der Waals surface area contributed by atoms with Crippen molar-refractivity contribution in [1.82, 2.24) is 0 Å². The lowest BCUT2D eigenvalue weighted by molar-refractivity contribution is -0.161. The first-order valence-corrected chi connectivity index (χ1v) is 25.9. The van der Waals surface area contributed by atoms with E-state index in [0.717, 1.165) is 96.3 Å². The number of rotatable bonds is 46. The van der Waals surface area contributed by atoms with Gasteiger partial charge in [-0.1, -0.05) is 239 Å². The van der Waals surface area contributed by atoms with Gasteiger partial charge in [0.15, 0.2) is 6.10 Å². The van der Waals surface area contributed by atoms with Crippen molar-refractivity contribution >= 4 is 11.9 Å². The number of ether oxygens (including phenoxy) is 2. The maximum Gasteiger partial charge on any atom is 0.306 e. The molecule has 0 saturated heterocycles. The molecule has 0 spiro atoms. The highest BCUT2D eigenvalue weighted by Gasteiger charge is 2.16. The standard InChI is InChI=1S/C58H96O5/c1-3-5-7-9-11-13-14-15-16-17-18-19-20-21-22-23-24-25-26-27-28-29-30-31-32-33-34-35-36-37-38-39-40-41-42-43-44-45-47-49-51-53-58(61)63-56(54-59)55-62-57(60)52-50-48-46-12-10-8-6-4-2/h5,7,11,13,15-16,18-19,21-22,24-25,27-28,30-31,33-34,56,59H,3-4,6,8-10,12,14,17,20,23,26,29,32,35-55H2,1-2H3/b7-5-,13-11-,16-15-,19-18-,22-21-,25-24-,28-27-,31-30-,34-33-. The van der Waals surface area contributed by atoms with Crippen LogP contribution >= 0.6 is 0 Å². The Hall–Kier alpha value is -3.44. The van der Waals surface area contributed by atoms with E-state index in [1.165, 1.54) is 103 Å². The fourth-order valence-electron chi connectivity index (χ4n) is 6.96. The average molecular weight is 873 g/mol. The van der Waals surface area contributed by atoms with Gasteiger partial charge in [-0.05, 0) is 83.5 Å². The highest BCUT2D eigenvalue weighted by atomic mass is 16.6. The Morgan fingerprint density at radius 1 is 0.381 bits per heavy atom. The van der Waals surface area contributed by atoms with Crippen molar-refractivity contribution in [3.05, 3.63) is 109 Å². The Bertz CT molecular complexity index is 1260. The zero-order valence-electron chi connectivity index (χ0n) is 40.8. The Morgan fingerprint density at radius 3 is 1.03 bits per heavy atom. The second kappa shape index (κ2) is 52.9. The summed E-state index contributed by atoms with van der Waals surface area (Å²) in [6, 6.07) is 0. The predicted octanol–water partition coefficient (Wildman–Crippen LogP) is 17.4. The van der Waals surface area contributed by atoms with Gasteiger partial charge >= 0.3 is 11.9 Å². The van der Waals surface area contributed by atoms with Crippen LogP contribution in [0, 0.1) is 0 Å². The van der Waals surface area contributed by atoms with E-state index in [-0.39, 0.29) is 25.2 Å². The smallest absolute Gasteiger partial charge is 0.306 e. The van der Waals surface area contributed by atoms with E-state index < -0.39 is 6.10 Å². The monoisotopic (exact) mass is 873 g/mol. The maximum absolute atomic E-state index is 12.2. The van der Waals surface area contributed by atoms with Crippen LogP contribution in [0.1, 0.15) is 226 Å². The van der Waals surface area contributed by atoms with Gasteiger partial charge in [0.25, 0.3) is 0 Å². The second-order valence-corrected chi connectivity index (χ2v) is 16.9. The van der Waals surface area contributed by atoms with Crippen molar-refractivity contribution in [2.24, 2.45) is 0 Å². The van der Waals surface area contributed by atoms with Crippen molar-refractivity contribution in [1.29, 1.82) is 0 Å². The van der Waals surface area contributed by atoms with Gasteiger partial charge in [-0.25, -0.2) is 0 Å². The fourth-order valence-corrected chi connectivity index (χ4v) is 6.96. The number of aliphatic hydroxyl groups excluding tert-OH is 1. The molecule has 1 atom stereocenters. The number of hydrogen-bond donors (Lipinski definition) is 1. The Morgan fingerprint density at radius 2 is 0.683 bits per heavy atom. The summed E-state index contributed by atoms with van der Waals surface area (Å²) >= 11 is 0. The fraction of sp³-hybridized carbons (Fsp3) is 0.655. The van der Waals surface area contributed by atoms with Gasteiger partial charge in [0.2, 0.25) is 0 Å². The van der Waals surface area contributed by atoms with Gasteiger partial charge in [-0.2, -0.15) is 0 Å². The Balaban J connectivity index is 3.53. The molecule has 0 saturated carbocycles. The zero-order chi connectivity index (χ0) is 45.6. The van der Waals surface area contributed by atoms with Gasteiger partial charge < -0.3 is 14.6 Å². The summed E-state index contributed by atoms with van der Waals surface area (Å²) in [5, 5.41) is 9.56. The Kier molecular flexibility index (Phi) is 50.0. The first kappa shape index (κ1) is 59.6. The second-order valence-electron chi connectivity index (χ2n) is 16.9. The first-order valence-electron chi connectivity index (χ1n) is 25.9. The van der Waals surface area contributed by atoms with Gasteiger partial charge in [-0.15, -0.1) is 0 Å². The number of hydrogen-bond acceptors (Lipinski definition) is 5. The van der Waals surface area contributed by atoms with Crippen molar-refractivity contribution in [2.75, 3.05) is 13.2 Å². The van der Waals surface area contributed by atoms with Crippen LogP contribution in [0.2, 0.25) is 0 Å². The summed E-state index contributed by atoms with van der Waals surface area (Å²) in [5.74, 6) is -0.598. The van der Waals surface area contributed by atoms with Gasteiger partial charge in [0, 0.05) is 12.8 Å². The number of carbonyl (C=O) groups excluding carboxylic acids is 2. The van der Waals surface area contributed by atoms with Gasteiger partial charge in [0.1, 0.15) is 6.61 Å². The summed E-state index contributed by atoms with van der Waals surface area (Å²) in [4.78, 5) is 24.2. The van der Waals surface area contributed by atoms with Crippen LogP contribution in [-0.4, -0.2) is 36.4 Å². The van der Waals surface area contributed by atoms with Crippen LogP contribution in [0.3, 0.4) is 0 Å². The van der Waals surface area contributed by atoms with Crippen molar-refractivity contribution in [2.45, 2.75) is 232 Å². The van der Waals surface area contributed by atoms with Crippen LogP contribution in [0.15, 0.2) is 109 Å². The van der Waals surface area contributed by atoms with E-state index in [0.29, 0.717) is 12.8 Å². The molecule has 1 N–H and O–H groups in total. The molecule has 0 amide bonds. The maximum atomic E-state index is 12.2. The van der Waals surface area contributed by atoms with E-state index in [1.54, 1.807) is 0 Å². The summed E-state index contributed by atoms with van der Waals surface area (Å²) < 4.78 is 10.6. The number of unbranched alkanes of at least 4 members (excludes halogenated alkanes) is 20. The molecule has 0 aliphatic carbocycles. The molecule has 0 aliphatic rings. The van der Waals surface area contributed by atoms with Crippen LogP contribution in [0.4, 0.5) is 0 Å². The van der Waals surface area contributed by atoms with E-state index in [4.69, 9.17) is 9.47 Å². The largest absolute Gasteiger partial charge is 0.462 e. The molecule has 0 radical (unpaired) electrons. The van der Waals surface area contributed by atoms with Crippen LogP contribution in [0.25, 0.3) is 0 Å². The highest BCUT2D eigenvalue weighted by molar-refractivity contribution is 5.70. The minimum Gasteiger partial charge on any atom is -0.462 e. The van der Waals surface area contributed by atoms with E-state index in [9.17, 15) is 14.7 Å². The highest BCUT2D eigenvalue weighted by Crippen LogP contribution is 2.15. The molecule has 63 heavy (non-hydrogen) atoms. The number of esters is 2. The molecule has 5 nitrogen and oxygen atoms in total. The van der Waals surface area contributed by atoms with Crippen molar-refractivity contribution < 1.29 is 24.2 Å². The molecule has 0 aliphatic heterocycles. The lowest BCUT2D eigenvalue weighted by Crippen LogP contribution is -2.28. The molecular formula is C58H96O5. The number of carbonyl (C=O) groups is 2. The van der Waals surface area contributed by atoms with Crippen LogP contribution in [-0.2, 0) is 19.1 Å². The predicted molar refractivity (Wildman–Crippen MR) is 274 cm³/mol.